The minimum atomic E-state index is -0.929. The summed E-state index contributed by atoms with van der Waals surface area (Å²) in [4.78, 5) is 77.7. The topological polar surface area (TPSA) is 198 Å². The Morgan fingerprint density at radius 3 is 2.00 bits per heavy atom. The maximum atomic E-state index is 13.5. The molecule has 9 rings (SSSR count). The van der Waals surface area contributed by atoms with Crippen LogP contribution in [0.5, 0.6) is 17.2 Å². The number of hydrogen-bond donors (Lipinski definition) is 5. The molecule has 4 aromatic rings. The Hall–Kier alpha value is -6.05. The number of carbonyl (C=O) groups is 6. The number of aromatic hydroxyl groups is 1. The first-order chi connectivity index (χ1) is 37.9. The second kappa shape index (κ2) is 37.9. The molecule has 4 amide bonds. The summed E-state index contributed by atoms with van der Waals surface area (Å²) < 4.78 is 16.0. The van der Waals surface area contributed by atoms with E-state index in [4.69, 9.17) is 25.8 Å². The molecule has 0 spiro atoms. The van der Waals surface area contributed by atoms with Crippen LogP contribution in [0.25, 0.3) is 0 Å². The molecule has 3 unspecified atom stereocenters. The fourth-order valence-corrected chi connectivity index (χ4v) is 10.8. The summed E-state index contributed by atoms with van der Waals surface area (Å²) >= 11 is 5.93. The number of phenolic OH excluding ortho intramolecular Hbond substituents is 1. The van der Waals surface area contributed by atoms with Gasteiger partial charge in [-0.15, -0.1) is 0 Å². The van der Waals surface area contributed by atoms with Crippen LogP contribution in [0.3, 0.4) is 0 Å². The van der Waals surface area contributed by atoms with Crippen molar-refractivity contribution >= 4 is 47.2 Å². The third-order valence-electron chi connectivity index (χ3n) is 15.0. The van der Waals surface area contributed by atoms with Crippen LogP contribution in [0.15, 0.2) is 109 Å². The molecule has 441 valence electrons. The van der Waals surface area contributed by atoms with Crippen LogP contribution in [0.2, 0.25) is 5.02 Å². The first kappa shape index (κ1) is 69.2. The maximum absolute atomic E-state index is 13.5. The van der Waals surface area contributed by atoms with Crippen molar-refractivity contribution in [2.75, 3.05) is 14.2 Å². The van der Waals surface area contributed by atoms with Gasteiger partial charge in [-0.25, -0.2) is 9.59 Å². The fourth-order valence-electron chi connectivity index (χ4n) is 10.6. The smallest absolute Gasteiger partial charge is 0.508 e. The predicted octanol–water partition coefficient (Wildman–Crippen LogP) is 11.8. The van der Waals surface area contributed by atoms with Crippen molar-refractivity contribution in [1.82, 2.24) is 21.3 Å². The van der Waals surface area contributed by atoms with Gasteiger partial charge in [-0.3, -0.25) is 19.2 Å². The van der Waals surface area contributed by atoms with Crippen LogP contribution < -0.4 is 26.0 Å². The van der Waals surface area contributed by atoms with Crippen LogP contribution >= 0.6 is 11.6 Å². The van der Waals surface area contributed by atoms with E-state index in [1.807, 2.05) is 72.8 Å². The Balaban J connectivity index is 0.000000377. The number of carbonyl (C=O) groups excluding carboxylic acids is 6. The number of benzene rings is 4. The molecule has 16 heteroatoms. The number of methoxy groups -OCH3 is 2. The summed E-state index contributed by atoms with van der Waals surface area (Å²) in [6.07, 6.45) is 24.3. The SMILES string of the molecule is C1=CCCC1.COC(=O)C(Cc1cccc(O)c1)NC(=O)[C@@H](NC(=O)CCCCc1ccc(Cl)cc1)C1CCCCC1.COC(=O)C1Cc2cccc(c2)Oc2ccc(cc2)CCCCC(=O)NC(C2CCCCC2)C(=O)N1.[CH3-].[CH3-].[Ru+3]. The molecule has 81 heavy (non-hydrogen) atoms. The van der Waals surface area contributed by atoms with Crippen molar-refractivity contribution in [3.05, 3.63) is 151 Å². The second-order valence-corrected chi connectivity index (χ2v) is 21.4. The van der Waals surface area contributed by atoms with Gasteiger partial charge in [0.2, 0.25) is 23.6 Å². The molecule has 0 saturated heterocycles. The summed E-state index contributed by atoms with van der Waals surface area (Å²) in [5.74, 6) is -0.550. The van der Waals surface area contributed by atoms with Gasteiger partial charge in [0, 0.05) is 30.7 Å². The van der Waals surface area contributed by atoms with Crippen LogP contribution in [0.4, 0.5) is 0 Å². The molecule has 2 fully saturated rings. The normalized spacial score (nSPS) is 18.2. The van der Waals surface area contributed by atoms with E-state index in [0.717, 1.165) is 108 Å². The van der Waals surface area contributed by atoms with Crippen molar-refractivity contribution in [3.63, 3.8) is 0 Å². The number of amides is 4. The zero-order valence-corrected chi connectivity index (χ0v) is 50.5. The molecule has 0 aromatic heterocycles. The minimum absolute atomic E-state index is 0. The Morgan fingerprint density at radius 2 is 1.36 bits per heavy atom. The molecule has 1 radical (unpaired) electrons. The molecule has 14 nitrogen and oxygen atoms in total. The van der Waals surface area contributed by atoms with E-state index in [1.54, 1.807) is 24.3 Å². The van der Waals surface area contributed by atoms with Crippen LogP contribution in [0.1, 0.15) is 144 Å². The predicted molar refractivity (Wildman–Crippen MR) is 316 cm³/mol. The van der Waals surface area contributed by atoms with Crippen LogP contribution in [-0.4, -0.2) is 79.1 Å². The summed E-state index contributed by atoms with van der Waals surface area (Å²) in [5, 5.41) is 22.1. The summed E-state index contributed by atoms with van der Waals surface area (Å²) in [6, 6.07) is 26.5. The average molecular weight is 1220 g/mol. The molecule has 5 aliphatic rings. The maximum Gasteiger partial charge on any atom is 3.00 e. The van der Waals surface area contributed by atoms with Crippen molar-refractivity contribution in [1.29, 1.82) is 0 Å². The van der Waals surface area contributed by atoms with Gasteiger partial charge in [-0.1, -0.05) is 111 Å². The summed E-state index contributed by atoms with van der Waals surface area (Å²) in [7, 11) is 2.58. The first-order valence-corrected chi connectivity index (χ1v) is 28.6. The van der Waals surface area contributed by atoms with Gasteiger partial charge in [-0.05, 0) is 166 Å². The summed E-state index contributed by atoms with van der Waals surface area (Å²) in [6.45, 7) is 0. The van der Waals surface area contributed by atoms with E-state index in [2.05, 4.69) is 33.4 Å². The van der Waals surface area contributed by atoms with Gasteiger partial charge in [-0.2, -0.15) is 0 Å². The van der Waals surface area contributed by atoms with E-state index in [-0.39, 0.29) is 88.4 Å². The largest absolute Gasteiger partial charge is 3.00 e. The molecule has 4 bridgehead atoms. The van der Waals surface area contributed by atoms with Crippen molar-refractivity contribution in [2.45, 2.75) is 172 Å². The Bertz CT molecular complexity index is 2560. The number of ether oxygens (including phenoxy) is 3. The standard InChI is InChI=1S/C29H37ClN2O5.C29H36N2O5.C5H8.2CH3.Ru/c1-37-29(36)25(19-21-9-7-12-24(33)18-21)31-28(35)27(22-10-3-2-4-11-22)32-26(34)13-6-5-8-20-14-16-23(30)17-15-20;1-35-29(34)25-19-21-9-7-12-24(18-21)36-23-16-14-20(15-17-23)8-5-6-13-26(32)31-27(28(33)30-25)22-10-3-2-4-11-22;1-2-4-5-3-1;;;/h7,9,12,14-18,22,25,27,33H,2-6,8,10-11,13,19H2,1H3,(H,31,35)(H,32,34);7,9,12,14-18,22,25,27H,2-6,8,10-11,13,19H2,1H3,(H,30,33)(H,31,32);1-2H,3-5H2;2*1H3;/q;;;2*-1;+3/t25?,27-;;;;;/m0...../s1. The Kier molecular flexibility index (Phi) is 32.4. The third-order valence-corrected chi connectivity index (χ3v) is 15.2. The number of nitrogens with one attached hydrogen (secondary N) is 4. The quantitative estimate of drug-likeness (QED) is 0.0266. The van der Waals surface area contributed by atoms with E-state index in [1.165, 1.54) is 44.6 Å². The van der Waals surface area contributed by atoms with E-state index < -0.39 is 36.1 Å². The van der Waals surface area contributed by atoms with Gasteiger partial charge >= 0.3 is 31.4 Å². The molecular weight excluding hydrogens is 1130 g/mol. The summed E-state index contributed by atoms with van der Waals surface area (Å²) in [5.41, 5.74) is 3.88. The number of phenols is 1. The van der Waals surface area contributed by atoms with Crippen LogP contribution in [0, 0.1) is 26.7 Å². The first-order valence-electron chi connectivity index (χ1n) is 28.3. The molecular formula is C65H87ClN4O10Ru+. The number of halogens is 1. The molecule has 5 N–H and O–H groups in total. The van der Waals surface area contributed by atoms with Crippen molar-refractivity contribution in [2.24, 2.45) is 11.8 Å². The van der Waals surface area contributed by atoms with Crippen LogP contribution in [-0.2, 0) is 83.4 Å². The van der Waals surface area contributed by atoms with Gasteiger partial charge in [0.05, 0.1) is 14.2 Å². The second-order valence-electron chi connectivity index (χ2n) is 21.0. The third kappa shape index (κ3) is 24.5. The number of allylic oxidation sites excluding steroid dienone is 2. The Morgan fingerprint density at radius 1 is 0.691 bits per heavy atom. The molecule has 2 aliphatic heterocycles. The van der Waals surface area contributed by atoms with E-state index in [9.17, 15) is 33.9 Å². The number of hydrogen-bond acceptors (Lipinski definition) is 10. The number of esters is 2. The van der Waals surface area contributed by atoms with E-state index in [0.29, 0.717) is 35.6 Å². The number of fused-ring (bicyclic) bond motifs is 12. The number of rotatable bonds is 14. The number of unbranched alkanes of at least 4 members (excludes halogenated alkanes) is 1. The molecule has 2 saturated carbocycles. The van der Waals surface area contributed by atoms with Gasteiger partial charge in [0.25, 0.3) is 0 Å². The molecule has 4 aromatic carbocycles. The zero-order chi connectivity index (χ0) is 55.5. The van der Waals surface area contributed by atoms with Crippen molar-refractivity contribution < 1.29 is 67.6 Å². The minimum Gasteiger partial charge on any atom is -0.508 e. The molecule has 4 atom stereocenters. The van der Waals surface area contributed by atoms with Gasteiger partial charge < -0.3 is 55.4 Å². The monoisotopic (exact) mass is 1220 g/mol. The van der Waals surface area contributed by atoms with E-state index >= 15 is 0 Å². The Labute approximate surface area is 499 Å². The molecule has 3 aliphatic carbocycles. The van der Waals surface area contributed by atoms with Crippen molar-refractivity contribution in [3.8, 4) is 17.2 Å². The van der Waals surface area contributed by atoms with Gasteiger partial charge in [0.1, 0.15) is 41.4 Å². The zero-order valence-electron chi connectivity index (χ0n) is 48.0. The molecule has 2 heterocycles. The number of aryl methyl sites for hydroxylation is 2. The fraction of sp³-hybridized carbons (Fsp3) is 0.477. The van der Waals surface area contributed by atoms with Gasteiger partial charge in [0.15, 0.2) is 0 Å². The average Bonchev–Trinajstić information content (AvgIpc) is 4.07.